The van der Waals surface area contributed by atoms with Gasteiger partial charge in [0.05, 0.1) is 6.54 Å². The van der Waals surface area contributed by atoms with Crippen LogP contribution in [0.4, 0.5) is 0 Å². The summed E-state index contributed by atoms with van der Waals surface area (Å²) < 4.78 is 0. The molecule has 0 bridgehead atoms. The average Bonchev–Trinajstić information content (AvgIpc) is 1.96. The largest absolute Gasteiger partial charge is 0.370 e. The van der Waals surface area contributed by atoms with E-state index in [2.05, 4.69) is 30.7 Å². The normalized spacial score (nSPS) is 10.8. The molecule has 0 atom stereocenters. The summed E-state index contributed by atoms with van der Waals surface area (Å²) >= 11 is 0. The van der Waals surface area contributed by atoms with E-state index in [4.69, 9.17) is 11.5 Å². The molecule has 0 unspecified atom stereocenters. The van der Waals surface area contributed by atoms with Gasteiger partial charge in [-0.1, -0.05) is 6.92 Å². The smallest absolute Gasteiger partial charge is 0.185 e. The molecule has 0 aliphatic heterocycles. The molecule has 0 aromatic heterocycles. The molecular formula is C8H20N4. The van der Waals surface area contributed by atoms with E-state index in [1.165, 1.54) is 0 Å². The first-order chi connectivity index (χ1) is 5.57. The van der Waals surface area contributed by atoms with Crippen molar-refractivity contribution >= 4 is 5.96 Å². The zero-order valence-corrected chi connectivity index (χ0v) is 8.25. The van der Waals surface area contributed by atoms with Crippen molar-refractivity contribution < 1.29 is 0 Å². The van der Waals surface area contributed by atoms with E-state index in [1.807, 2.05) is 0 Å². The van der Waals surface area contributed by atoms with Crippen molar-refractivity contribution in [3.05, 3.63) is 0 Å². The molecule has 12 heavy (non-hydrogen) atoms. The molecule has 0 aliphatic rings. The molecule has 4 N–H and O–H groups in total. The van der Waals surface area contributed by atoms with Crippen molar-refractivity contribution in [1.82, 2.24) is 4.90 Å². The third-order valence-corrected chi connectivity index (χ3v) is 1.82. The monoisotopic (exact) mass is 172 g/mol. The molecule has 0 fully saturated rings. The standard InChI is InChI=1S/C8H20N4/c1-4-12(7(2)3)6-5-11-8(9)10/h7H,4-6H2,1-3H3,(H4,9,10,11). The second-order valence-electron chi connectivity index (χ2n) is 3.03. The SMILES string of the molecule is CCN(CCN=C(N)N)C(C)C. The minimum Gasteiger partial charge on any atom is -0.370 e. The molecule has 4 heteroatoms. The highest BCUT2D eigenvalue weighted by Gasteiger charge is 2.04. The van der Waals surface area contributed by atoms with E-state index >= 15 is 0 Å². The van der Waals surface area contributed by atoms with E-state index in [9.17, 15) is 0 Å². The second kappa shape index (κ2) is 5.83. The third kappa shape index (κ3) is 4.96. The number of aliphatic imine (C=N–C) groups is 1. The first kappa shape index (κ1) is 11.2. The van der Waals surface area contributed by atoms with Crippen LogP contribution < -0.4 is 11.5 Å². The highest BCUT2D eigenvalue weighted by atomic mass is 15.2. The summed E-state index contributed by atoms with van der Waals surface area (Å²) in [4.78, 5) is 6.24. The van der Waals surface area contributed by atoms with Crippen LogP contribution in [-0.2, 0) is 0 Å². The van der Waals surface area contributed by atoms with Crippen LogP contribution in [0.3, 0.4) is 0 Å². The molecule has 0 radical (unpaired) electrons. The Kier molecular flexibility index (Phi) is 5.45. The van der Waals surface area contributed by atoms with Crippen LogP contribution in [0.2, 0.25) is 0 Å². The second-order valence-corrected chi connectivity index (χ2v) is 3.03. The Hall–Kier alpha value is -0.770. The zero-order chi connectivity index (χ0) is 9.56. The van der Waals surface area contributed by atoms with E-state index in [-0.39, 0.29) is 5.96 Å². The maximum atomic E-state index is 5.21. The van der Waals surface area contributed by atoms with Gasteiger partial charge in [-0.05, 0) is 20.4 Å². The Morgan fingerprint density at radius 3 is 2.33 bits per heavy atom. The molecule has 0 rings (SSSR count). The highest BCUT2D eigenvalue weighted by Crippen LogP contribution is 1.95. The van der Waals surface area contributed by atoms with Gasteiger partial charge in [0.25, 0.3) is 0 Å². The van der Waals surface area contributed by atoms with Gasteiger partial charge >= 0.3 is 0 Å². The number of guanidine groups is 1. The van der Waals surface area contributed by atoms with E-state index in [0.29, 0.717) is 12.6 Å². The molecule has 0 aromatic rings. The number of nitrogens with two attached hydrogens (primary N) is 2. The molecule has 0 aromatic carbocycles. The summed E-state index contributed by atoms with van der Waals surface area (Å²) in [6.45, 7) is 9.12. The van der Waals surface area contributed by atoms with Crippen molar-refractivity contribution in [3.8, 4) is 0 Å². The van der Waals surface area contributed by atoms with Crippen molar-refractivity contribution in [2.45, 2.75) is 26.8 Å². The van der Waals surface area contributed by atoms with Gasteiger partial charge in [0, 0.05) is 12.6 Å². The number of hydrogen-bond donors (Lipinski definition) is 2. The van der Waals surface area contributed by atoms with Gasteiger partial charge in [-0.2, -0.15) is 0 Å². The Morgan fingerprint density at radius 2 is 2.00 bits per heavy atom. The lowest BCUT2D eigenvalue weighted by molar-refractivity contribution is 0.241. The molecule has 4 nitrogen and oxygen atoms in total. The van der Waals surface area contributed by atoms with Crippen LogP contribution in [0, 0.1) is 0 Å². The molecule has 72 valence electrons. The van der Waals surface area contributed by atoms with Crippen LogP contribution in [-0.4, -0.2) is 36.5 Å². The minimum absolute atomic E-state index is 0.176. The third-order valence-electron chi connectivity index (χ3n) is 1.82. The number of nitrogens with zero attached hydrogens (tertiary/aromatic N) is 2. The molecular weight excluding hydrogens is 152 g/mol. The quantitative estimate of drug-likeness (QED) is 0.453. The minimum atomic E-state index is 0.176. The lowest BCUT2D eigenvalue weighted by Gasteiger charge is -2.23. The summed E-state index contributed by atoms with van der Waals surface area (Å²) in [5.41, 5.74) is 10.4. The van der Waals surface area contributed by atoms with Crippen molar-refractivity contribution in [2.24, 2.45) is 16.5 Å². The fourth-order valence-corrected chi connectivity index (χ4v) is 1.09. The fourth-order valence-electron chi connectivity index (χ4n) is 1.09. The molecule has 0 saturated carbocycles. The molecule has 0 heterocycles. The number of likely N-dealkylation sites (N-methyl/N-ethyl adjacent to an activating group) is 1. The summed E-state index contributed by atoms with van der Waals surface area (Å²) in [6.07, 6.45) is 0. The molecule has 0 saturated heterocycles. The summed E-state index contributed by atoms with van der Waals surface area (Å²) in [6, 6.07) is 0.559. The summed E-state index contributed by atoms with van der Waals surface area (Å²) in [7, 11) is 0. The van der Waals surface area contributed by atoms with Crippen molar-refractivity contribution in [3.63, 3.8) is 0 Å². The lowest BCUT2D eigenvalue weighted by Crippen LogP contribution is -2.33. The van der Waals surface area contributed by atoms with Crippen LogP contribution in [0.25, 0.3) is 0 Å². The Labute approximate surface area is 74.6 Å². The van der Waals surface area contributed by atoms with Gasteiger partial charge in [-0.3, -0.25) is 9.89 Å². The van der Waals surface area contributed by atoms with Gasteiger partial charge in [0.1, 0.15) is 0 Å². The highest BCUT2D eigenvalue weighted by molar-refractivity contribution is 5.75. The van der Waals surface area contributed by atoms with Gasteiger partial charge in [0.2, 0.25) is 0 Å². The van der Waals surface area contributed by atoms with Crippen LogP contribution in [0.5, 0.6) is 0 Å². The zero-order valence-electron chi connectivity index (χ0n) is 8.25. The first-order valence-corrected chi connectivity index (χ1v) is 4.37. The van der Waals surface area contributed by atoms with Crippen molar-refractivity contribution in [1.29, 1.82) is 0 Å². The van der Waals surface area contributed by atoms with Gasteiger partial charge in [0.15, 0.2) is 5.96 Å². The van der Waals surface area contributed by atoms with Crippen LogP contribution in [0.1, 0.15) is 20.8 Å². The van der Waals surface area contributed by atoms with Crippen LogP contribution >= 0.6 is 0 Å². The maximum absolute atomic E-state index is 5.21. The summed E-state index contributed by atoms with van der Waals surface area (Å²) in [5, 5.41) is 0. The Balaban J connectivity index is 3.66. The predicted molar refractivity (Wildman–Crippen MR) is 53.1 cm³/mol. The average molecular weight is 172 g/mol. The topological polar surface area (TPSA) is 67.6 Å². The number of hydrogen-bond acceptors (Lipinski definition) is 2. The predicted octanol–water partition coefficient (Wildman–Crippen LogP) is -0.00990. The lowest BCUT2D eigenvalue weighted by atomic mass is 10.3. The van der Waals surface area contributed by atoms with E-state index in [0.717, 1.165) is 13.1 Å². The van der Waals surface area contributed by atoms with E-state index < -0.39 is 0 Å². The Morgan fingerprint density at radius 1 is 1.42 bits per heavy atom. The van der Waals surface area contributed by atoms with E-state index in [1.54, 1.807) is 0 Å². The van der Waals surface area contributed by atoms with Gasteiger partial charge in [-0.15, -0.1) is 0 Å². The van der Waals surface area contributed by atoms with Gasteiger partial charge in [-0.25, -0.2) is 0 Å². The maximum Gasteiger partial charge on any atom is 0.185 e. The fraction of sp³-hybridized carbons (Fsp3) is 0.875. The first-order valence-electron chi connectivity index (χ1n) is 4.37. The molecule has 0 spiro atoms. The molecule has 0 aliphatic carbocycles. The van der Waals surface area contributed by atoms with Crippen molar-refractivity contribution in [2.75, 3.05) is 19.6 Å². The van der Waals surface area contributed by atoms with Crippen LogP contribution in [0.15, 0.2) is 4.99 Å². The number of rotatable bonds is 5. The van der Waals surface area contributed by atoms with Gasteiger partial charge < -0.3 is 11.5 Å². The molecule has 0 amide bonds. The Bertz CT molecular complexity index is 138. The summed E-state index contributed by atoms with van der Waals surface area (Å²) in [5.74, 6) is 0.176.